The monoisotopic (exact) mass is 324 g/mol. The lowest BCUT2D eigenvalue weighted by atomic mass is 10.0. The standard InChI is InChI=1S/C21H28N2O/c1-6-23(7-2)19-12-13-20(16(5)14-19)22-21(24)18-10-8-17(9-11-18)15(3)4/h8-15H,6-7H2,1-5H3,(H,22,24). The highest BCUT2D eigenvalue weighted by Gasteiger charge is 2.10. The summed E-state index contributed by atoms with van der Waals surface area (Å²) in [6, 6.07) is 14.0. The van der Waals surface area contributed by atoms with Crippen LogP contribution in [0.3, 0.4) is 0 Å². The van der Waals surface area contributed by atoms with Gasteiger partial charge in [-0.1, -0.05) is 26.0 Å². The van der Waals surface area contributed by atoms with Gasteiger partial charge in [0.1, 0.15) is 0 Å². The zero-order chi connectivity index (χ0) is 17.7. The zero-order valence-electron chi connectivity index (χ0n) is 15.4. The van der Waals surface area contributed by atoms with Crippen LogP contribution in [0.25, 0.3) is 0 Å². The molecule has 0 saturated carbocycles. The highest BCUT2D eigenvalue weighted by molar-refractivity contribution is 6.04. The summed E-state index contributed by atoms with van der Waals surface area (Å²) in [6.45, 7) is 12.6. The number of hydrogen-bond acceptors (Lipinski definition) is 2. The summed E-state index contributed by atoms with van der Waals surface area (Å²) in [5.41, 5.74) is 5.06. The predicted octanol–water partition coefficient (Wildman–Crippen LogP) is 5.22. The topological polar surface area (TPSA) is 32.3 Å². The summed E-state index contributed by atoms with van der Waals surface area (Å²) in [4.78, 5) is 14.8. The first-order valence-electron chi connectivity index (χ1n) is 8.73. The van der Waals surface area contributed by atoms with E-state index < -0.39 is 0 Å². The van der Waals surface area contributed by atoms with Gasteiger partial charge in [-0.3, -0.25) is 4.79 Å². The number of hydrogen-bond donors (Lipinski definition) is 1. The minimum absolute atomic E-state index is 0.0657. The fraction of sp³-hybridized carbons (Fsp3) is 0.381. The Kier molecular flexibility index (Phi) is 6.02. The van der Waals surface area contributed by atoms with Gasteiger partial charge in [0.15, 0.2) is 0 Å². The van der Waals surface area contributed by atoms with Crippen molar-refractivity contribution in [3.05, 3.63) is 59.2 Å². The lowest BCUT2D eigenvalue weighted by Crippen LogP contribution is -2.22. The van der Waals surface area contributed by atoms with Gasteiger partial charge in [-0.05, 0) is 68.1 Å². The van der Waals surface area contributed by atoms with E-state index in [1.807, 2.05) is 37.3 Å². The van der Waals surface area contributed by atoms with E-state index >= 15 is 0 Å². The van der Waals surface area contributed by atoms with E-state index in [2.05, 4.69) is 50.0 Å². The van der Waals surface area contributed by atoms with Gasteiger partial charge >= 0.3 is 0 Å². The molecule has 0 aliphatic rings. The fourth-order valence-electron chi connectivity index (χ4n) is 2.79. The molecule has 0 atom stereocenters. The van der Waals surface area contributed by atoms with Crippen LogP contribution in [-0.2, 0) is 0 Å². The van der Waals surface area contributed by atoms with Crippen molar-refractivity contribution in [2.45, 2.75) is 40.5 Å². The Bertz CT molecular complexity index is 685. The lowest BCUT2D eigenvalue weighted by molar-refractivity contribution is 0.102. The number of rotatable bonds is 6. The van der Waals surface area contributed by atoms with Gasteiger partial charge < -0.3 is 10.2 Å². The predicted molar refractivity (Wildman–Crippen MR) is 103 cm³/mol. The third-order valence-corrected chi connectivity index (χ3v) is 4.43. The molecule has 0 unspecified atom stereocenters. The third-order valence-electron chi connectivity index (χ3n) is 4.43. The molecule has 0 aromatic heterocycles. The maximum atomic E-state index is 12.5. The highest BCUT2D eigenvalue weighted by Crippen LogP contribution is 2.23. The fourth-order valence-corrected chi connectivity index (χ4v) is 2.79. The molecule has 3 nitrogen and oxygen atoms in total. The number of nitrogens with one attached hydrogen (secondary N) is 1. The number of anilines is 2. The van der Waals surface area contributed by atoms with Crippen LogP contribution >= 0.6 is 0 Å². The number of nitrogens with zero attached hydrogens (tertiary/aromatic N) is 1. The molecule has 2 aromatic carbocycles. The van der Waals surface area contributed by atoms with Crippen LogP contribution < -0.4 is 10.2 Å². The number of aryl methyl sites for hydroxylation is 1. The average molecular weight is 324 g/mol. The smallest absolute Gasteiger partial charge is 0.255 e. The van der Waals surface area contributed by atoms with E-state index in [0.29, 0.717) is 11.5 Å². The van der Waals surface area contributed by atoms with E-state index in [1.54, 1.807) is 0 Å². The largest absolute Gasteiger partial charge is 0.372 e. The van der Waals surface area contributed by atoms with Crippen molar-refractivity contribution < 1.29 is 4.79 Å². The van der Waals surface area contributed by atoms with Gasteiger partial charge in [-0.25, -0.2) is 0 Å². The molecule has 2 rings (SSSR count). The summed E-state index contributed by atoms with van der Waals surface area (Å²) in [7, 11) is 0. The zero-order valence-corrected chi connectivity index (χ0v) is 15.4. The Hall–Kier alpha value is -2.29. The quantitative estimate of drug-likeness (QED) is 0.790. The third kappa shape index (κ3) is 4.16. The van der Waals surface area contributed by atoms with E-state index in [0.717, 1.165) is 24.3 Å². The molecule has 128 valence electrons. The van der Waals surface area contributed by atoms with Crippen LogP contribution in [0.15, 0.2) is 42.5 Å². The van der Waals surface area contributed by atoms with Crippen molar-refractivity contribution in [2.24, 2.45) is 0 Å². The van der Waals surface area contributed by atoms with Crippen molar-refractivity contribution in [1.82, 2.24) is 0 Å². The van der Waals surface area contributed by atoms with E-state index in [-0.39, 0.29) is 5.91 Å². The van der Waals surface area contributed by atoms with Gasteiger partial charge in [-0.2, -0.15) is 0 Å². The maximum Gasteiger partial charge on any atom is 0.255 e. The maximum absolute atomic E-state index is 12.5. The molecule has 0 bridgehead atoms. The van der Waals surface area contributed by atoms with Gasteiger partial charge in [-0.15, -0.1) is 0 Å². The summed E-state index contributed by atoms with van der Waals surface area (Å²) in [5, 5.41) is 3.02. The molecule has 0 aliphatic heterocycles. The van der Waals surface area contributed by atoms with Gasteiger partial charge in [0.2, 0.25) is 0 Å². The Balaban J connectivity index is 2.14. The van der Waals surface area contributed by atoms with Crippen LogP contribution in [0.1, 0.15) is 55.1 Å². The summed E-state index contributed by atoms with van der Waals surface area (Å²) >= 11 is 0. The Morgan fingerprint density at radius 3 is 2.17 bits per heavy atom. The molecular weight excluding hydrogens is 296 g/mol. The summed E-state index contributed by atoms with van der Waals surface area (Å²) < 4.78 is 0. The van der Waals surface area contributed by atoms with Crippen molar-refractivity contribution in [3.8, 4) is 0 Å². The Morgan fingerprint density at radius 2 is 1.67 bits per heavy atom. The van der Waals surface area contributed by atoms with Gasteiger partial charge in [0, 0.05) is 30.0 Å². The van der Waals surface area contributed by atoms with E-state index in [1.165, 1.54) is 11.3 Å². The minimum atomic E-state index is -0.0657. The van der Waals surface area contributed by atoms with Crippen molar-refractivity contribution in [2.75, 3.05) is 23.3 Å². The normalized spacial score (nSPS) is 10.8. The number of carbonyl (C=O) groups excluding carboxylic acids is 1. The molecule has 3 heteroatoms. The minimum Gasteiger partial charge on any atom is -0.372 e. The van der Waals surface area contributed by atoms with Crippen LogP contribution in [0.2, 0.25) is 0 Å². The van der Waals surface area contributed by atoms with Crippen LogP contribution in [0.5, 0.6) is 0 Å². The summed E-state index contributed by atoms with van der Waals surface area (Å²) in [6.07, 6.45) is 0. The Labute approximate surface area is 145 Å². The molecule has 24 heavy (non-hydrogen) atoms. The number of benzene rings is 2. The van der Waals surface area contributed by atoms with Crippen molar-refractivity contribution in [3.63, 3.8) is 0 Å². The molecule has 1 amide bonds. The molecule has 0 heterocycles. The van der Waals surface area contributed by atoms with E-state index in [9.17, 15) is 4.79 Å². The van der Waals surface area contributed by atoms with E-state index in [4.69, 9.17) is 0 Å². The lowest BCUT2D eigenvalue weighted by Gasteiger charge is -2.22. The molecule has 2 aromatic rings. The molecule has 0 saturated heterocycles. The second-order valence-electron chi connectivity index (χ2n) is 6.40. The van der Waals surface area contributed by atoms with Crippen LogP contribution in [0, 0.1) is 6.92 Å². The molecule has 0 fully saturated rings. The van der Waals surface area contributed by atoms with Crippen molar-refractivity contribution >= 4 is 17.3 Å². The summed E-state index contributed by atoms with van der Waals surface area (Å²) in [5.74, 6) is 0.404. The first-order valence-corrected chi connectivity index (χ1v) is 8.73. The SMILES string of the molecule is CCN(CC)c1ccc(NC(=O)c2ccc(C(C)C)cc2)c(C)c1. The average Bonchev–Trinajstić information content (AvgIpc) is 2.58. The molecule has 0 spiro atoms. The first-order chi connectivity index (χ1) is 11.5. The van der Waals surface area contributed by atoms with Gasteiger partial charge in [0.05, 0.1) is 0 Å². The Morgan fingerprint density at radius 1 is 1.04 bits per heavy atom. The second-order valence-corrected chi connectivity index (χ2v) is 6.40. The van der Waals surface area contributed by atoms with Crippen LogP contribution in [-0.4, -0.2) is 19.0 Å². The van der Waals surface area contributed by atoms with Gasteiger partial charge in [0.25, 0.3) is 5.91 Å². The molecule has 0 aliphatic carbocycles. The molecular formula is C21H28N2O. The van der Waals surface area contributed by atoms with Crippen molar-refractivity contribution in [1.29, 1.82) is 0 Å². The van der Waals surface area contributed by atoms with Crippen LogP contribution in [0.4, 0.5) is 11.4 Å². The number of amides is 1. The highest BCUT2D eigenvalue weighted by atomic mass is 16.1. The first kappa shape index (κ1) is 18.1. The molecule has 1 N–H and O–H groups in total. The molecule has 0 radical (unpaired) electrons. The number of carbonyl (C=O) groups is 1. The second kappa shape index (κ2) is 8.00.